The molecule has 0 saturated heterocycles. The number of nitrogens with two attached hydrogens (primary N) is 1. The van der Waals surface area contributed by atoms with Crippen molar-refractivity contribution in [3.63, 3.8) is 0 Å². The lowest BCUT2D eigenvalue weighted by Gasteiger charge is -2.16. The van der Waals surface area contributed by atoms with E-state index in [1.54, 1.807) is 0 Å². The highest BCUT2D eigenvalue weighted by Gasteiger charge is 2.01. The molecule has 0 fully saturated rings. The van der Waals surface area contributed by atoms with Crippen molar-refractivity contribution in [1.29, 1.82) is 0 Å². The first-order valence-electron chi connectivity index (χ1n) is 6.64. The van der Waals surface area contributed by atoms with Crippen molar-refractivity contribution in [3.05, 3.63) is 65.5 Å². The fourth-order valence-corrected chi connectivity index (χ4v) is 2.02. The van der Waals surface area contributed by atoms with E-state index in [9.17, 15) is 0 Å². The SMILES string of the molecule is CN(CCc1ccccn1)Cc1ccc(CN)cc1. The van der Waals surface area contributed by atoms with Crippen LogP contribution in [0.25, 0.3) is 0 Å². The minimum absolute atomic E-state index is 0.607. The Bertz CT molecular complexity index is 479. The van der Waals surface area contributed by atoms with Crippen LogP contribution in [0, 0.1) is 0 Å². The van der Waals surface area contributed by atoms with E-state index in [0.29, 0.717) is 6.54 Å². The molecule has 0 spiro atoms. The smallest absolute Gasteiger partial charge is 0.0416 e. The quantitative estimate of drug-likeness (QED) is 0.860. The van der Waals surface area contributed by atoms with Crippen molar-refractivity contribution in [2.45, 2.75) is 19.5 Å². The van der Waals surface area contributed by atoms with Crippen molar-refractivity contribution in [3.8, 4) is 0 Å². The zero-order chi connectivity index (χ0) is 13.5. The summed E-state index contributed by atoms with van der Waals surface area (Å²) in [6.45, 7) is 2.57. The van der Waals surface area contributed by atoms with Crippen LogP contribution < -0.4 is 5.73 Å². The number of nitrogens with zero attached hydrogens (tertiary/aromatic N) is 2. The molecule has 0 bridgehead atoms. The average Bonchev–Trinajstić information content (AvgIpc) is 2.47. The van der Waals surface area contributed by atoms with E-state index >= 15 is 0 Å². The molecule has 3 heteroatoms. The summed E-state index contributed by atoms with van der Waals surface area (Å²) in [6, 6.07) is 14.6. The molecule has 0 unspecified atom stereocenters. The molecule has 1 heterocycles. The second-order valence-corrected chi connectivity index (χ2v) is 4.83. The maximum atomic E-state index is 5.60. The first-order valence-corrected chi connectivity index (χ1v) is 6.64. The van der Waals surface area contributed by atoms with Gasteiger partial charge in [0.2, 0.25) is 0 Å². The summed E-state index contributed by atoms with van der Waals surface area (Å²) >= 11 is 0. The molecule has 0 amide bonds. The van der Waals surface area contributed by atoms with Gasteiger partial charge < -0.3 is 10.6 Å². The van der Waals surface area contributed by atoms with E-state index in [2.05, 4.69) is 47.3 Å². The molecular weight excluding hydrogens is 234 g/mol. The number of hydrogen-bond donors (Lipinski definition) is 1. The molecule has 0 saturated carbocycles. The Labute approximate surface area is 115 Å². The molecular formula is C16H21N3. The van der Waals surface area contributed by atoms with Crippen LogP contribution in [0.3, 0.4) is 0 Å². The molecule has 19 heavy (non-hydrogen) atoms. The first kappa shape index (κ1) is 13.7. The fourth-order valence-electron chi connectivity index (χ4n) is 2.02. The van der Waals surface area contributed by atoms with Gasteiger partial charge in [-0.2, -0.15) is 0 Å². The molecule has 2 N–H and O–H groups in total. The van der Waals surface area contributed by atoms with Crippen molar-refractivity contribution >= 4 is 0 Å². The molecule has 0 radical (unpaired) electrons. The van der Waals surface area contributed by atoms with Crippen molar-refractivity contribution in [1.82, 2.24) is 9.88 Å². The van der Waals surface area contributed by atoms with Crippen LogP contribution in [0.5, 0.6) is 0 Å². The van der Waals surface area contributed by atoms with Gasteiger partial charge in [0.1, 0.15) is 0 Å². The van der Waals surface area contributed by atoms with Gasteiger partial charge in [0, 0.05) is 37.9 Å². The lowest BCUT2D eigenvalue weighted by molar-refractivity contribution is 0.330. The molecule has 2 aromatic rings. The van der Waals surface area contributed by atoms with Gasteiger partial charge in [-0.25, -0.2) is 0 Å². The Balaban J connectivity index is 1.82. The van der Waals surface area contributed by atoms with Gasteiger partial charge in [0.05, 0.1) is 0 Å². The first-order chi connectivity index (χ1) is 9.28. The van der Waals surface area contributed by atoms with Gasteiger partial charge in [-0.05, 0) is 30.3 Å². The predicted octanol–water partition coefficient (Wildman–Crippen LogP) is 2.21. The normalized spacial score (nSPS) is 10.9. The highest BCUT2D eigenvalue weighted by molar-refractivity contribution is 5.22. The summed E-state index contributed by atoms with van der Waals surface area (Å²) in [5.74, 6) is 0. The van der Waals surface area contributed by atoms with Crippen LogP contribution in [-0.2, 0) is 19.5 Å². The second kappa shape index (κ2) is 7.02. The molecule has 1 aromatic carbocycles. The summed E-state index contributed by atoms with van der Waals surface area (Å²) in [5, 5.41) is 0. The molecule has 2 rings (SSSR count). The van der Waals surface area contributed by atoms with E-state index in [1.807, 2.05) is 18.3 Å². The minimum atomic E-state index is 0.607. The lowest BCUT2D eigenvalue weighted by atomic mass is 10.1. The van der Waals surface area contributed by atoms with Crippen LogP contribution in [0.1, 0.15) is 16.8 Å². The standard InChI is InChI=1S/C16H21N3/c1-19(11-9-16-4-2-3-10-18-16)13-15-7-5-14(12-17)6-8-15/h2-8,10H,9,11-13,17H2,1H3. The van der Waals surface area contributed by atoms with Gasteiger partial charge in [-0.1, -0.05) is 30.3 Å². The monoisotopic (exact) mass is 255 g/mol. The van der Waals surface area contributed by atoms with Crippen LogP contribution >= 0.6 is 0 Å². The van der Waals surface area contributed by atoms with Gasteiger partial charge in [0.15, 0.2) is 0 Å². The summed E-state index contributed by atoms with van der Waals surface area (Å²) in [5.41, 5.74) is 9.24. The summed E-state index contributed by atoms with van der Waals surface area (Å²) in [6.07, 6.45) is 2.83. The van der Waals surface area contributed by atoms with Crippen molar-refractivity contribution < 1.29 is 0 Å². The number of pyridine rings is 1. The molecule has 0 aliphatic carbocycles. The number of rotatable bonds is 6. The molecule has 0 atom stereocenters. The summed E-state index contributed by atoms with van der Waals surface area (Å²) in [4.78, 5) is 6.65. The zero-order valence-electron chi connectivity index (χ0n) is 11.4. The van der Waals surface area contributed by atoms with E-state index in [4.69, 9.17) is 5.73 Å². The van der Waals surface area contributed by atoms with Crippen LogP contribution in [0.2, 0.25) is 0 Å². The maximum absolute atomic E-state index is 5.60. The largest absolute Gasteiger partial charge is 0.326 e. The highest BCUT2D eigenvalue weighted by atomic mass is 15.1. The topological polar surface area (TPSA) is 42.2 Å². The van der Waals surface area contributed by atoms with Crippen LogP contribution in [0.15, 0.2) is 48.7 Å². The lowest BCUT2D eigenvalue weighted by Crippen LogP contribution is -2.21. The Morgan fingerprint density at radius 3 is 2.42 bits per heavy atom. The molecule has 0 aliphatic rings. The Kier molecular flexibility index (Phi) is 5.07. The predicted molar refractivity (Wildman–Crippen MR) is 78.6 cm³/mol. The van der Waals surface area contributed by atoms with Crippen molar-refractivity contribution in [2.24, 2.45) is 5.73 Å². The summed E-state index contributed by atoms with van der Waals surface area (Å²) in [7, 11) is 2.14. The van der Waals surface area contributed by atoms with E-state index in [0.717, 1.165) is 25.2 Å². The maximum Gasteiger partial charge on any atom is 0.0416 e. The van der Waals surface area contributed by atoms with Gasteiger partial charge in [-0.3, -0.25) is 4.98 Å². The third-order valence-corrected chi connectivity index (χ3v) is 3.19. The fraction of sp³-hybridized carbons (Fsp3) is 0.312. The molecule has 0 aliphatic heterocycles. The van der Waals surface area contributed by atoms with Crippen LogP contribution in [-0.4, -0.2) is 23.5 Å². The van der Waals surface area contributed by atoms with Gasteiger partial charge in [-0.15, -0.1) is 0 Å². The third kappa shape index (κ3) is 4.47. The second-order valence-electron chi connectivity index (χ2n) is 4.83. The number of hydrogen-bond acceptors (Lipinski definition) is 3. The number of benzene rings is 1. The van der Waals surface area contributed by atoms with Crippen molar-refractivity contribution in [2.75, 3.05) is 13.6 Å². The van der Waals surface area contributed by atoms with Gasteiger partial charge in [0.25, 0.3) is 0 Å². The van der Waals surface area contributed by atoms with E-state index in [-0.39, 0.29) is 0 Å². The van der Waals surface area contributed by atoms with Crippen LogP contribution in [0.4, 0.5) is 0 Å². The van der Waals surface area contributed by atoms with E-state index < -0.39 is 0 Å². The Morgan fingerprint density at radius 2 is 1.79 bits per heavy atom. The molecule has 1 aromatic heterocycles. The molecule has 100 valence electrons. The zero-order valence-corrected chi connectivity index (χ0v) is 11.4. The third-order valence-electron chi connectivity index (χ3n) is 3.19. The number of aromatic nitrogens is 1. The average molecular weight is 255 g/mol. The van der Waals surface area contributed by atoms with Gasteiger partial charge >= 0.3 is 0 Å². The minimum Gasteiger partial charge on any atom is -0.326 e. The molecule has 3 nitrogen and oxygen atoms in total. The Hall–Kier alpha value is -1.71. The summed E-state index contributed by atoms with van der Waals surface area (Å²) < 4.78 is 0. The highest BCUT2D eigenvalue weighted by Crippen LogP contribution is 2.07. The Morgan fingerprint density at radius 1 is 1.05 bits per heavy atom. The van der Waals surface area contributed by atoms with E-state index in [1.165, 1.54) is 11.1 Å². The number of likely N-dealkylation sites (N-methyl/N-ethyl adjacent to an activating group) is 1.